The maximum atomic E-state index is 12.4. The Hall–Kier alpha value is -2.73. The largest absolute Gasteiger partial charge is 0.496 e. The fourth-order valence-corrected chi connectivity index (χ4v) is 2.49. The van der Waals surface area contributed by atoms with E-state index < -0.39 is 18.0 Å². The molecule has 138 valence electrons. The summed E-state index contributed by atoms with van der Waals surface area (Å²) in [6.07, 6.45) is -1.00. The van der Waals surface area contributed by atoms with Gasteiger partial charge in [0.2, 0.25) is 0 Å². The summed E-state index contributed by atoms with van der Waals surface area (Å²) < 4.78 is 15.7. The molecule has 1 atom stereocenters. The number of benzene rings is 2. The molecule has 0 aliphatic rings. The van der Waals surface area contributed by atoms with Crippen molar-refractivity contribution < 1.29 is 23.8 Å². The van der Waals surface area contributed by atoms with Gasteiger partial charge < -0.3 is 19.5 Å². The van der Waals surface area contributed by atoms with Gasteiger partial charge in [-0.1, -0.05) is 17.7 Å². The van der Waals surface area contributed by atoms with Crippen LogP contribution < -0.4 is 14.8 Å². The molecule has 0 aliphatic carbocycles. The lowest BCUT2D eigenvalue weighted by Crippen LogP contribution is -2.30. The predicted molar refractivity (Wildman–Crippen MR) is 99.2 cm³/mol. The van der Waals surface area contributed by atoms with Crippen LogP contribution in [0.25, 0.3) is 0 Å². The Kier molecular flexibility index (Phi) is 6.46. The molecule has 2 aromatic rings. The van der Waals surface area contributed by atoms with E-state index in [0.29, 0.717) is 22.2 Å². The Balaban J connectivity index is 2.10. The number of ether oxygens (including phenoxy) is 3. The smallest absolute Gasteiger partial charge is 0.339 e. The summed E-state index contributed by atoms with van der Waals surface area (Å²) >= 11 is 5.88. The highest BCUT2D eigenvalue weighted by atomic mass is 35.5. The van der Waals surface area contributed by atoms with Crippen LogP contribution in [0, 0.1) is 6.92 Å². The van der Waals surface area contributed by atoms with Crippen molar-refractivity contribution in [3.05, 3.63) is 52.5 Å². The highest BCUT2D eigenvalue weighted by Gasteiger charge is 2.21. The first-order chi connectivity index (χ1) is 12.3. The first-order valence-corrected chi connectivity index (χ1v) is 8.23. The standard InChI is InChI=1S/C19H20ClNO5/c1-11-16(24-3)8-13(9-17(11)25-4)19(23)26-12(2)18(22)21-15-7-5-6-14(20)10-15/h5-10,12H,1-4H3,(H,21,22). The number of halogens is 1. The molecule has 7 heteroatoms. The third-order valence-electron chi connectivity index (χ3n) is 3.73. The molecule has 2 aromatic carbocycles. The Labute approximate surface area is 157 Å². The molecule has 0 heterocycles. The van der Waals surface area contributed by atoms with Crippen LogP contribution in [0.2, 0.25) is 5.02 Å². The fraction of sp³-hybridized carbons (Fsp3) is 0.263. The molecule has 2 rings (SSSR count). The van der Waals surface area contributed by atoms with Crippen molar-refractivity contribution >= 4 is 29.2 Å². The van der Waals surface area contributed by atoms with E-state index in [1.54, 1.807) is 36.4 Å². The van der Waals surface area contributed by atoms with E-state index >= 15 is 0 Å². The van der Waals surface area contributed by atoms with Crippen molar-refractivity contribution in [3.63, 3.8) is 0 Å². The van der Waals surface area contributed by atoms with Gasteiger partial charge in [0.15, 0.2) is 6.10 Å². The van der Waals surface area contributed by atoms with Crippen LogP contribution in [-0.2, 0) is 9.53 Å². The Bertz CT molecular complexity index is 796. The minimum Gasteiger partial charge on any atom is -0.496 e. The van der Waals surface area contributed by atoms with Gasteiger partial charge in [-0.2, -0.15) is 0 Å². The summed E-state index contributed by atoms with van der Waals surface area (Å²) in [5.74, 6) is -0.137. The quantitative estimate of drug-likeness (QED) is 0.774. The van der Waals surface area contributed by atoms with E-state index in [2.05, 4.69) is 5.32 Å². The molecule has 0 saturated heterocycles. The van der Waals surface area contributed by atoms with Crippen LogP contribution in [-0.4, -0.2) is 32.2 Å². The van der Waals surface area contributed by atoms with Gasteiger partial charge in [-0.3, -0.25) is 4.79 Å². The molecular weight excluding hydrogens is 358 g/mol. The molecule has 1 unspecified atom stereocenters. The topological polar surface area (TPSA) is 73.9 Å². The molecule has 0 aromatic heterocycles. The number of carbonyl (C=O) groups excluding carboxylic acids is 2. The van der Waals surface area contributed by atoms with E-state index in [4.69, 9.17) is 25.8 Å². The summed E-state index contributed by atoms with van der Waals surface area (Å²) in [5.41, 5.74) is 1.51. The molecule has 0 saturated carbocycles. The Morgan fingerprint density at radius 1 is 1.08 bits per heavy atom. The zero-order valence-corrected chi connectivity index (χ0v) is 15.7. The zero-order chi connectivity index (χ0) is 19.3. The van der Waals surface area contributed by atoms with Crippen molar-refractivity contribution in [2.24, 2.45) is 0 Å². The number of methoxy groups -OCH3 is 2. The molecule has 0 radical (unpaired) electrons. The number of nitrogens with one attached hydrogen (secondary N) is 1. The first-order valence-electron chi connectivity index (χ1n) is 7.85. The summed E-state index contributed by atoms with van der Waals surface area (Å²) in [6.45, 7) is 3.30. The van der Waals surface area contributed by atoms with Crippen LogP contribution in [0.3, 0.4) is 0 Å². The lowest BCUT2D eigenvalue weighted by molar-refractivity contribution is -0.123. The summed E-state index contributed by atoms with van der Waals surface area (Å²) in [6, 6.07) is 9.78. The van der Waals surface area contributed by atoms with Crippen LogP contribution in [0.1, 0.15) is 22.8 Å². The van der Waals surface area contributed by atoms with Crippen molar-refractivity contribution in [1.82, 2.24) is 0 Å². The summed E-state index contributed by atoms with van der Waals surface area (Å²) in [7, 11) is 3.00. The minimum absolute atomic E-state index is 0.228. The lowest BCUT2D eigenvalue weighted by Gasteiger charge is -2.15. The van der Waals surface area contributed by atoms with Crippen LogP contribution in [0.15, 0.2) is 36.4 Å². The first kappa shape index (κ1) is 19.6. The van der Waals surface area contributed by atoms with Crippen molar-refractivity contribution in [2.45, 2.75) is 20.0 Å². The predicted octanol–water partition coefficient (Wildman–Crippen LogP) is 3.85. The summed E-state index contributed by atoms with van der Waals surface area (Å²) in [5, 5.41) is 3.14. The Morgan fingerprint density at radius 2 is 1.69 bits per heavy atom. The third kappa shape index (κ3) is 4.67. The van der Waals surface area contributed by atoms with Crippen molar-refractivity contribution in [3.8, 4) is 11.5 Å². The molecule has 1 amide bonds. The van der Waals surface area contributed by atoms with Gasteiger partial charge in [-0.05, 0) is 44.2 Å². The average Bonchev–Trinajstić information content (AvgIpc) is 2.61. The highest BCUT2D eigenvalue weighted by Crippen LogP contribution is 2.30. The second-order valence-electron chi connectivity index (χ2n) is 5.55. The maximum Gasteiger partial charge on any atom is 0.339 e. The number of hydrogen-bond acceptors (Lipinski definition) is 5. The molecule has 0 bridgehead atoms. The van der Waals surface area contributed by atoms with Gasteiger partial charge in [0, 0.05) is 16.3 Å². The molecular formula is C19H20ClNO5. The highest BCUT2D eigenvalue weighted by molar-refractivity contribution is 6.30. The molecule has 0 aliphatic heterocycles. The molecule has 0 fully saturated rings. The molecule has 1 N–H and O–H groups in total. The second-order valence-corrected chi connectivity index (χ2v) is 5.99. The molecule has 6 nitrogen and oxygen atoms in total. The fourth-order valence-electron chi connectivity index (χ4n) is 2.30. The molecule has 0 spiro atoms. The van der Waals surface area contributed by atoms with Gasteiger partial charge in [0.1, 0.15) is 11.5 Å². The van der Waals surface area contributed by atoms with Crippen LogP contribution in [0.5, 0.6) is 11.5 Å². The maximum absolute atomic E-state index is 12.4. The van der Waals surface area contributed by atoms with Crippen molar-refractivity contribution in [2.75, 3.05) is 19.5 Å². The van der Waals surface area contributed by atoms with E-state index in [-0.39, 0.29) is 5.56 Å². The normalized spacial score (nSPS) is 11.4. The van der Waals surface area contributed by atoms with Gasteiger partial charge in [-0.15, -0.1) is 0 Å². The number of esters is 1. The Morgan fingerprint density at radius 3 is 2.23 bits per heavy atom. The van der Waals surface area contributed by atoms with Gasteiger partial charge >= 0.3 is 5.97 Å². The number of rotatable bonds is 6. The van der Waals surface area contributed by atoms with E-state index in [0.717, 1.165) is 5.56 Å². The molecule has 26 heavy (non-hydrogen) atoms. The second kappa shape index (κ2) is 8.58. The van der Waals surface area contributed by atoms with E-state index in [1.807, 2.05) is 6.92 Å². The number of amides is 1. The van der Waals surface area contributed by atoms with E-state index in [1.165, 1.54) is 21.1 Å². The van der Waals surface area contributed by atoms with E-state index in [9.17, 15) is 9.59 Å². The number of anilines is 1. The van der Waals surface area contributed by atoms with Crippen molar-refractivity contribution in [1.29, 1.82) is 0 Å². The van der Waals surface area contributed by atoms with Gasteiger partial charge in [-0.25, -0.2) is 4.79 Å². The number of carbonyl (C=O) groups is 2. The minimum atomic E-state index is -1.00. The average molecular weight is 378 g/mol. The van der Waals surface area contributed by atoms with Gasteiger partial charge in [0.25, 0.3) is 5.91 Å². The lowest BCUT2D eigenvalue weighted by atomic mass is 10.1. The van der Waals surface area contributed by atoms with Gasteiger partial charge in [0.05, 0.1) is 19.8 Å². The SMILES string of the molecule is COc1cc(C(=O)OC(C)C(=O)Nc2cccc(Cl)c2)cc(OC)c1C. The third-order valence-corrected chi connectivity index (χ3v) is 3.97. The monoisotopic (exact) mass is 377 g/mol. The zero-order valence-electron chi connectivity index (χ0n) is 15.0. The van der Waals surface area contributed by atoms with Crippen LogP contribution >= 0.6 is 11.6 Å². The summed E-state index contributed by atoms with van der Waals surface area (Å²) in [4.78, 5) is 24.6. The number of hydrogen-bond donors (Lipinski definition) is 1. The van der Waals surface area contributed by atoms with Crippen LogP contribution in [0.4, 0.5) is 5.69 Å².